The van der Waals surface area contributed by atoms with E-state index in [0.29, 0.717) is 5.02 Å². The number of hydrogen-bond donors (Lipinski definition) is 1. The molecule has 1 saturated carbocycles. The molecule has 6 nitrogen and oxygen atoms in total. The van der Waals surface area contributed by atoms with E-state index in [9.17, 15) is 13.2 Å². The highest BCUT2D eigenvalue weighted by atomic mass is 35.5. The molecule has 0 heterocycles. The van der Waals surface area contributed by atoms with Crippen LogP contribution in [0.1, 0.15) is 28.3 Å². The first kappa shape index (κ1) is 19.7. The van der Waals surface area contributed by atoms with Crippen molar-refractivity contribution in [2.75, 3.05) is 21.2 Å². The van der Waals surface area contributed by atoms with Gasteiger partial charge in [0, 0.05) is 36.6 Å². The van der Waals surface area contributed by atoms with E-state index >= 15 is 0 Å². The molecule has 0 aromatic heterocycles. The molecule has 1 aliphatic rings. The van der Waals surface area contributed by atoms with E-state index in [1.165, 1.54) is 33.3 Å². The Morgan fingerprint density at radius 2 is 1.96 bits per heavy atom. The van der Waals surface area contributed by atoms with Crippen LogP contribution in [0.25, 0.3) is 0 Å². The molecule has 0 saturated heterocycles. The number of nitrogens with one attached hydrogen (secondary N) is 1. The van der Waals surface area contributed by atoms with Crippen LogP contribution in [0.2, 0.25) is 5.02 Å². The molecule has 0 spiro atoms. The van der Waals surface area contributed by atoms with Gasteiger partial charge < -0.3 is 10.1 Å². The van der Waals surface area contributed by atoms with Crippen molar-refractivity contribution in [3.8, 4) is 5.75 Å². The van der Waals surface area contributed by atoms with Crippen LogP contribution in [-0.2, 0) is 10.0 Å². The Balaban J connectivity index is 1.78. The zero-order valence-corrected chi connectivity index (χ0v) is 16.8. The van der Waals surface area contributed by atoms with E-state index in [1.54, 1.807) is 6.07 Å². The first-order valence-corrected chi connectivity index (χ1v) is 10.2. The zero-order valence-electron chi connectivity index (χ0n) is 15.3. The lowest BCUT2D eigenvalue weighted by molar-refractivity contribution is 0.0950. The number of rotatable bonds is 6. The second kappa shape index (κ2) is 7.50. The van der Waals surface area contributed by atoms with Crippen molar-refractivity contribution in [1.29, 1.82) is 0 Å². The standard InChI is InChI=1S/C19H21ClN2O4S/c1-22(2)27(24,25)18-10-13(7-8-17(18)26-3)19(23)21-16-11-15(16)12-5-4-6-14(20)9-12/h4-10,15-16H,11H2,1-3H3,(H,21,23)/t15-,16+/m0/s1. The van der Waals surface area contributed by atoms with Gasteiger partial charge in [-0.05, 0) is 42.3 Å². The van der Waals surface area contributed by atoms with E-state index in [4.69, 9.17) is 16.3 Å². The Morgan fingerprint density at radius 3 is 2.59 bits per heavy atom. The molecule has 2 aromatic carbocycles. The molecule has 0 unspecified atom stereocenters. The van der Waals surface area contributed by atoms with Gasteiger partial charge in [-0.15, -0.1) is 0 Å². The maximum Gasteiger partial charge on any atom is 0.251 e. The molecule has 2 atom stereocenters. The second-order valence-corrected chi connectivity index (χ2v) is 9.19. The minimum atomic E-state index is -3.73. The molecule has 1 amide bonds. The Labute approximate surface area is 164 Å². The van der Waals surface area contributed by atoms with Crippen LogP contribution < -0.4 is 10.1 Å². The van der Waals surface area contributed by atoms with Gasteiger partial charge in [0.15, 0.2) is 0 Å². The van der Waals surface area contributed by atoms with Crippen molar-refractivity contribution in [1.82, 2.24) is 9.62 Å². The van der Waals surface area contributed by atoms with E-state index in [2.05, 4.69) is 5.32 Å². The predicted octanol–water partition coefficient (Wildman–Crippen LogP) is 2.88. The summed E-state index contributed by atoms with van der Waals surface area (Å²) in [4.78, 5) is 12.6. The highest BCUT2D eigenvalue weighted by Gasteiger charge is 2.39. The number of carbonyl (C=O) groups excluding carboxylic acids is 1. The number of halogens is 1. The van der Waals surface area contributed by atoms with Crippen molar-refractivity contribution in [2.45, 2.75) is 23.3 Å². The Bertz CT molecular complexity index is 975. The summed E-state index contributed by atoms with van der Waals surface area (Å²) in [5.41, 5.74) is 1.35. The van der Waals surface area contributed by atoms with Crippen LogP contribution in [0.3, 0.4) is 0 Å². The number of ether oxygens (including phenoxy) is 1. The topological polar surface area (TPSA) is 75.7 Å². The number of methoxy groups -OCH3 is 1. The maximum atomic E-state index is 12.6. The summed E-state index contributed by atoms with van der Waals surface area (Å²) in [7, 11) is 0.523. The molecule has 27 heavy (non-hydrogen) atoms. The number of amides is 1. The van der Waals surface area contributed by atoms with Crippen LogP contribution >= 0.6 is 11.6 Å². The zero-order chi connectivity index (χ0) is 19.8. The molecule has 1 aliphatic carbocycles. The minimum Gasteiger partial charge on any atom is -0.495 e. The van der Waals surface area contributed by atoms with Crippen molar-refractivity contribution in [2.24, 2.45) is 0 Å². The highest BCUT2D eigenvalue weighted by molar-refractivity contribution is 7.89. The average Bonchev–Trinajstić information content (AvgIpc) is 3.40. The Hall–Kier alpha value is -2.09. The summed E-state index contributed by atoms with van der Waals surface area (Å²) in [5.74, 6) is 0.0988. The van der Waals surface area contributed by atoms with E-state index in [1.807, 2.05) is 24.3 Å². The summed E-state index contributed by atoms with van der Waals surface area (Å²) in [6.07, 6.45) is 0.824. The molecular weight excluding hydrogens is 388 g/mol. The third-order valence-corrected chi connectivity index (χ3v) is 6.64. The van der Waals surface area contributed by atoms with Crippen molar-refractivity contribution < 1.29 is 17.9 Å². The Kier molecular flexibility index (Phi) is 5.46. The third-order valence-electron chi connectivity index (χ3n) is 4.57. The third kappa shape index (κ3) is 4.10. The molecule has 3 rings (SSSR count). The summed E-state index contributed by atoms with van der Waals surface area (Å²) in [5, 5.41) is 3.62. The van der Waals surface area contributed by atoms with Gasteiger partial charge in [-0.25, -0.2) is 12.7 Å². The van der Waals surface area contributed by atoms with Crippen molar-refractivity contribution in [3.63, 3.8) is 0 Å². The number of sulfonamides is 1. The van der Waals surface area contributed by atoms with Crippen LogP contribution in [0.15, 0.2) is 47.4 Å². The monoisotopic (exact) mass is 408 g/mol. The van der Waals surface area contributed by atoms with Gasteiger partial charge in [0.25, 0.3) is 5.91 Å². The molecule has 0 radical (unpaired) electrons. The summed E-state index contributed by atoms with van der Waals surface area (Å²) in [6, 6.07) is 12.0. The Morgan fingerprint density at radius 1 is 1.22 bits per heavy atom. The van der Waals surface area contributed by atoms with Crippen LogP contribution in [0, 0.1) is 0 Å². The van der Waals surface area contributed by atoms with Crippen LogP contribution in [-0.4, -0.2) is 45.9 Å². The van der Waals surface area contributed by atoms with Crippen LogP contribution in [0.4, 0.5) is 0 Å². The molecule has 2 aromatic rings. The smallest absolute Gasteiger partial charge is 0.251 e. The fraction of sp³-hybridized carbons (Fsp3) is 0.316. The normalized spacial score (nSPS) is 19.0. The number of carbonyl (C=O) groups is 1. The molecule has 144 valence electrons. The summed E-state index contributed by atoms with van der Waals surface area (Å²) >= 11 is 6.02. The summed E-state index contributed by atoms with van der Waals surface area (Å²) < 4.78 is 31.2. The van der Waals surface area contributed by atoms with E-state index in [-0.39, 0.29) is 34.1 Å². The number of hydrogen-bond acceptors (Lipinski definition) is 4. The van der Waals surface area contributed by atoms with Gasteiger partial charge >= 0.3 is 0 Å². The maximum absolute atomic E-state index is 12.6. The van der Waals surface area contributed by atoms with Gasteiger partial charge in [0.05, 0.1) is 7.11 Å². The molecular formula is C19H21ClN2O4S. The van der Waals surface area contributed by atoms with Crippen molar-refractivity contribution >= 4 is 27.5 Å². The average molecular weight is 409 g/mol. The second-order valence-electron chi connectivity index (χ2n) is 6.63. The lowest BCUT2D eigenvalue weighted by Gasteiger charge is -2.15. The fourth-order valence-corrected chi connectivity index (χ4v) is 4.20. The quantitative estimate of drug-likeness (QED) is 0.797. The lowest BCUT2D eigenvalue weighted by atomic mass is 10.1. The van der Waals surface area contributed by atoms with Gasteiger partial charge in [0.2, 0.25) is 10.0 Å². The first-order valence-electron chi connectivity index (χ1n) is 8.41. The first-order chi connectivity index (χ1) is 12.7. The van der Waals surface area contributed by atoms with Gasteiger partial charge in [-0.3, -0.25) is 4.79 Å². The largest absolute Gasteiger partial charge is 0.495 e. The lowest BCUT2D eigenvalue weighted by Crippen LogP contribution is -2.27. The number of nitrogens with zero attached hydrogens (tertiary/aromatic N) is 1. The van der Waals surface area contributed by atoms with Gasteiger partial charge in [0.1, 0.15) is 10.6 Å². The molecule has 1 N–H and O–H groups in total. The minimum absolute atomic E-state index is 0.00646. The molecule has 0 aliphatic heterocycles. The molecule has 8 heteroatoms. The highest BCUT2D eigenvalue weighted by Crippen LogP contribution is 2.41. The van der Waals surface area contributed by atoms with E-state index < -0.39 is 10.0 Å². The van der Waals surface area contributed by atoms with Gasteiger partial charge in [-0.2, -0.15) is 0 Å². The SMILES string of the molecule is COc1ccc(C(=O)N[C@@H]2C[C@H]2c2cccc(Cl)c2)cc1S(=O)(=O)N(C)C. The van der Waals surface area contributed by atoms with Crippen LogP contribution in [0.5, 0.6) is 5.75 Å². The summed E-state index contributed by atoms with van der Waals surface area (Å²) in [6.45, 7) is 0. The number of benzene rings is 2. The predicted molar refractivity (Wildman–Crippen MR) is 104 cm³/mol. The fourth-order valence-electron chi connectivity index (χ4n) is 2.93. The molecule has 1 fully saturated rings. The molecule has 0 bridgehead atoms. The van der Waals surface area contributed by atoms with E-state index in [0.717, 1.165) is 16.3 Å². The van der Waals surface area contributed by atoms with Gasteiger partial charge in [-0.1, -0.05) is 23.7 Å². The van der Waals surface area contributed by atoms with Crippen molar-refractivity contribution in [3.05, 3.63) is 58.6 Å².